The van der Waals surface area contributed by atoms with Crippen LogP contribution in [0.4, 0.5) is 26.3 Å². The van der Waals surface area contributed by atoms with Crippen molar-refractivity contribution in [2.75, 3.05) is 42.5 Å². The van der Waals surface area contributed by atoms with E-state index in [1.54, 1.807) is 28.4 Å². The second kappa shape index (κ2) is 38.3. The van der Waals surface area contributed by atoms with Crippen molar-refractivity contribution in [1.29, 1.82) is 0 Å². The molecule has 4 aromatic carbocycles. The maximum Gasteiger partial charge on any atom is 0.402 e. The smallest absolute Gasteiger partial charge is 0.388 e. The number of hydrogen-bond donors (Lipinski definition) is 2. The maximum absolute atomic E-state index is 11.6. The highest BCUT2D eigenvalue weighted by molar-refractivity contribution is 5.01. The molecule has 0 atom stereocenters. The van der Waals surface area contributed by atoms with E-state index in [2.05, 4.69) is 20.9 Å². The molecule has 0 aliphatic heterocycles. The van der Waals surface area contributed by atoms with Crippen LogP contribution in [-0.2, 0) is 9.47 Å². The average Bonchev–Trinajstić information content (AvgIpc) is 3.07. The summed E-state index contributed by atoms with van der Waals surface area (Å²) < 4.78 is 78.2. The molecular weight excluding hydrogens is 594 g/mol. The Balaban J connectivity index is -0.000000140. The van der Waals surface area contributed by atoms with Gasteiger partial charge < -0.3 is 20.9 Å². The zero-order valence-electron chi connectivity index (χ0n) is 27.6. The van der Waals surface area contributed by atoms with Crippen molar-refractivity contribution in [3.8, 4) is 0 Å². The van der Waals surface area contributed by atoms with E-state index in [9.17, 15) is 26.3 Å². The van der Waals surface area contributed by atoms with Crippen molar-refractivity contribution >= 4 is 0 Å². The summed E-state index contributed by atoms with van der Waals surface area (Å²) in [5.41, 5.74) is 5.38. The summed E-state index contributed by atoms with van der Waals surface area (Å²) in [5.74, 6) is 0. The summed E-state index contributed by atoms with van der Waals surface area (Å²) in [6, 6.07) is 48.0. The van der Waals surface area contributed by atoms with Crippen molar-refractivity contribution in [2.45, 2.75) is 26.2 Å². The molecule has 4 N–H and O–H groups in total. The molecule has 0 aromatic heterocycles. The lowest BCUT2D eigenvalue weighted by molar-refractivity contribution is -0.327. The molecule has 45 heavy (non-hydrogen) atoms. The molecule has 0 spiro atoms. The lowest BCUT2D eigenvalue weighted by atomic mass is 9.92. The first kappa shape index (κ1) is 50.9. The minimum absolute atomic E-state index is 0.104. The van der Waals surface area contributed by atoms with Gasteiger partial charge in [0.1, 0.15) is 0 Å². The van der Waals surface area contributed by atoms with E-state index in [1.165, 1.54) is 14.1 Å². The lowest BCUT2D eigenvalue weighted by Crippen LogP contribution is -2.44. The van der Waals surface area contributed by atoms with E-state index in [4.69, 9.17) is 0 Å². The molecular formula is C35H52F6N2O2. The summed E-state index contributed by atoms with van der Waals surface area (Å²) in [5, 5.41) is 0. The SMILES string of the molecule is CC(C)(C(F)(F)F)C(F)(F)F.CN.CN.COC.COC.c1ccccc1.c1ccccc1.c1ccccc1.c1ccccc1. The number of hydrogen-bond acceptors (Lipinski definition) is 4. The molecule has 256 valence electrons. The van der Waals surface area contributed by atoms with Gasteiger partial charge in [-0.1, -0.05) is 146 Å². The molecule has 4 nitrogen and oxygen atoms in total. The van der Waals surface area contributed by atoms with E-state index < -0.39 is 17.8 Å². The molecule has 0 aliphatic carbocycles. The van der Waals surface area contributed by atoms with Gasteiger partial charge in [0.15, 0.2) is 5.41 Å². The first-order valence-corrected chi connectivity index (χ1v) is 13.4. The Hall–Kier alpha value is -3.70. The van der Waals surface area contributed by atoms with Gasteiger partial charge in [0.25, 0.3) is 0 Å². The molecule has 0 unspecified atom stereocenters. The molecule has 10 heteroatoms. The van der Waals surface area contributed by atoms with Gasteiger partial charge in [0.05, 0.1) is 0 Å². The summed E-state index contributed by atoms with van der Waals surface area (Å²) >= 11 is 0. The molecule has 4 aromatic rings. The van der Waals surface area contributed by atoms with E-state index in [1.807, 2.05) is 146 Å². The third-order valence-corrected chi connectivity index (χ3v) is 4.08. The number of nitrogens with two attached hydrogens (primary N) is 2. The van der Waals surface area contributed by atoms with Gasteiger partial charge >= 0.3 is 12.4 Å². The maximum atomic E-state index is 11.6. The molecule has 0 amide bonds. The molecule has 0 saturated carbocycles. The van der Waals surface area contributed by atoms with Crippen molar-refractivity contribution in [1.82, 2.24) is 0 Å². The van der Waals surface area contributed by atoms with Gasteiger partial charge in [-0.2, -0.15) is 26.3 Å². The van der Waals surface area contributed by atoms with Crippen LogP contribution >= 0.6 is 0 Å². The third kappa shape index (κ3) is 40.3. The van der Waals surface area contributed by atoms with Crippen LogP contribution in [0.2, 0.25) is 0 Å². The zero-order valence-corrected chi connectivity index (χ0v) is 27.6. The fourth-order valence-corrected chi connectivity index (χ4v) is 1.70. The highest BCUT2D eigenvalue weighted by atomic mass is 19.4. The molecule has 0 heterocycles. The lowest BCUT2D eigenvalue weighted by Gasteiger charge is -2.29. The molecule has 0 bridgehead atoms. The predicted molar refractivity (Wildman–Crippen MR) is 178 cm³/mol. The van der Waals surface area contributed by atoms with Gasteiger partial charge in [-0.15, -0.1) is 0 Å². The highest BCUT2D eigenvalue weighted by Gasteiger charge is 2.64. The van der Waals surface area contributed by atoms with Crippen LogP contribution in [0.5, 0.6) is 0 Å². The molecule has 4 rings (SSSR count). The summed E-state index contributed by atoms with van der Waals surface area (Å²) in [6.07, 6.45) is -10.5. The van der Waals surface area contributed by atoms with E-state index in [0.29, 0.717) is 0 Å². The van der Waals surface area contributed by atoms with Crippen molar-refractivity contribution in [3.63, 3.8) is 0 Å². The molecule has 0 aliphatic rings. The third-order valence-electron chi connectivity index (χ3n) is 4.08. The number of halogens is 6. The Bertz CT molecular complexity index is 726. The Labute approximate surface area is 267 Å². The summed E-state index contributed by atoms with van der Waals surface area (Å²) in [4.78, 5) is 0. The van der Waals surface area contributed by atoms with Crippen LogP contribution in [0, 0.1) is 5.41 Å². The summed E-state index contributed by atoms with van der Waals surface area (Å²) in [7, 11) is 9.50. The Kier molecular flexibility index (Phi) is 43.4. The van der Waals surface area contributed by atoms with Gasteiger partial charge in [-0.3, -0.25) is 0 Å². The van der Waals surface area contributed by atoms with E-state index >= 15 is 0 Å². The van der Waals surface area contributed by atoms with Gasteiger partial charge in [0, 0.05) is 28.4 Å². The fourth-order valence-electron chi connectivity index (χ4n) is 1.70. The van der Waals surface area contributed by atoms with Crippen LogP contribution in [0.25, 0.3) is 0 Å². The number of rotatable bonds is 0. The van der Waals surface area contributed by atoms with Crippen molar-refractivity contribution in [3.05, 3.63) is 146 Å². The summed E-state index contributed by atoms with van der Waals surface area (Å²) in [6.45, 7) is 0.208. The van der Waals surface area contributed by atoms with Crippen LogP contribution in [0.3, 0.4) is 0 Å². The number of methoxy groups -OCH3 is 2. The first-order chi connectivity index (χ1) is 21.3. The quantitative estimate of drug-likeness (QED) is 0.187. The topological polar surface area (TPSA) is 70.5 Å². The van der Waals surface area contributed by atoms with E-state index in [0.717, 1.165) is 0 Å². The minimum Gasteiger partial charge on any atom is -0.388 e. The predicted octanol–water partition coefficient (Wildman–Crippen LogP) is 9.56. The van der Waals surface area contributed by atoms with Crippen molar-refractivity contribution < 1.29 is 35.8 Å². The van der Waals surface area contributed by atoms with Crippen LogP contribution in [-0.4, -0.2) is 54.9 Å². The van der Waals surface area contributed by atoms with Gasteiger partial charge in [0.2, 0.25) is 0 Å². The first-order valence-electron chi connectivity index (χ1n) is 13.4. The normalized spacial score (nSPS) is 9.07. The largest absolute Gasteiger partial charge is 0.402 e. The van der Waals surface area contributed by atoms with E-state index in [-0.39, 0.29) is 13.8 Å². The highest BCUT2D eigenvalue weighted by Crippen LogP contribution is 2.49. The van der Waals surface area contributed by atoms with Gasteiger partial charge in [-0.25, -0.2) is 0 Å². The number of benzene rings is 4. The number of ether oxygens (including phenoxy) is 2. The van der Waals surface area contributed by atoms with Gasteiger partial charge in [-0.05, 0) is 27.9 Å². The molecule has 0 saturated heterocycles. The zero-order chi connectivity index (χ0) is 35.9. The molecule has 0 radical (unpaired) electrons. The fraction of sp³-hybridized carbons (Fsp3) is 0.314. The van der Waals surface area contributed by atoms with Crippen LogP contribution in [0.15, 0.2) is 146 Å². The average molecular weight is 647 g/mol. The Morgan fingerprint density at radius 1 is 0.311 bits per heavy atom. The van der Waals surface area contributed by atoms with Crippen molar-refractivity contribution in [2.24, 2.45) is 16.9 Å². The second-order valence-electron chi connectivity index (χ2n) is 8.06. The molecule has 0 fully saturated rings. The second-order valence-corrected chi connectivity index (χ2v) is 8.06. The standard InChI is InChI=1S/4C6H6.C5H6F6.2C2H6O.2CH5N/c4*1-2-4-6-5-3-1;1-3(2,4(6,7)8)5(9,10)11;2*1-3-2;2*1-2/h4*1-6H;1-2H3;2*1-2H3;2*2H2,1H3. The Morgan fingerprint density at radius 2 is 0.378 bits per heavy atom. The monoisotopic (exact) mass is 646 g/mol. The number of alkyl halides is 6. The van der Waals surface area contributed by atoms with Crippen LogP contribution in [0.1, 0.15) is 13.8 Å². The van der Waals surface area contributed by atoms with Crippen LogP contribution < -0.4 is 11.5 Å². The minimum atomic E-state index is -5.24. The Morgan fingerprint density at radius 3 is 0.400 bits per heavy atom.